The largest absolute Gasteiger partial charge is 0.493 e. The van der Waals surface area contributed by atoms with Gasteiger partial charge in [0, 0.05) is 37.1 Å². The maximum atomic E-state index is 12.6. The Labute approximate surface area is 147 Å². The van der Waals surface area contributed by atoms with Crippen LogP contribution in [-0.2, 0) is 6.42 Å². The Morgan fingerprint density at radius 2 is 2.24 bits per heavy atom. The zero-order valence-corrected chi connectivity index (χ0v) is 14.1. The molecule has 2 aliphatic heterocycles. The SMILES string of the molecule is O=C(N[C@H]1CCCN(c2cnccn2)C1)c1ccc2c(c1)CCCO2. The molecule has 0 unspecified atom stereocenters. The minimum atomic E-state index is -0.0145. The predicted molar refractivity (Wildman–Crippen MR) is 95.0 cm³/mol. The Hall–Kier alpha value is -2.63. The number of rotatable bonds is 3. The Morgan fingerprint density at radius 1 is 1.28 bits per heavy atom. The molecular weight excluding hydrogens is 316 g/mol. The van der Waals surface area contributed by atoms with Crippen molar-refractivity contribution in [1.29, 1.82) is 0 Å². The van der Waals surface area contributed by atoms with Crippen molar-refractivity contribution in [1.82, 2.24) is 15.3 Å². The topological polar surface area (TPSA) is 67.4 Å². The molecule has 4 rings (SSSR count). The lowest BCUT2D eigenvalue weighted by molar-refractivity contribution is 0.0933. The van der Waals surface area contributed by atoms with Gasteiger partial charge < -0.3 is 15.0 Å². The Balaban J connectivity index is 1.42. The minimum absolute atomic E-state index is 0.0145. The van der Waals surface area contributed by atoms with E-state index in [1.54, 1.807) is 18.6 Å². The number of nitrogens with zero attached hydrogens (tertiary/aromatic N) is 3. The number of aromatic nitrogens is 2. The van der Waals surface area contributed by atoms with Crippen molar-refractivity contribution in [3.63, 3.8) is 0 Å². The van der Waals surface area contributed by atoms with Crippen LogP contribution < -0.4 is 15.0 Å². The Morgan fingerprint density at radius 3 is 3.12 bits per heavy atom. The normalized spacial score (nSPS) is 19.7. The van der Waals surface area contributed by atoms with E-state index in [1.807, 2.05) is 18.2 Å². The number of ether oxygens (including phenoxy) is 1. The number of anilines is 1. The first-order valence-corrected chi connectivity index (χ1v) is 8.87. The van der Waals surface area contributed by atoms with Crippen molar-refractivity contribution in [2.45, 2.75) is 31.7 Å². The van der Waals surface area contributed by atoms with Crippen LogP contribution in [0.4, 0.5) is 5.82 Å². The van der Waals surface area contributed by atoms with Crippen LogP contribution in [0, 0.1) is 0 Å². The first kappa shape index (κ1) is 15.9. The van der Waals surface area contributed by atoms with Gasteiger partial charge in [0.15, 0.2) is 0 Å². The molecule has 6 nitrogen and oxygen atoms in total. The molecule has 1 aromatic heterocycles. The van der Waals surface area contributed by atoms with E-state index in [2.05, 4.69) is 20.2 Å². The Kier molecular flexibility index (Phi) is 4.50. The van der Waals surface area contributed by atoms with Crippen LogP contribution in [0.15, 0.2) is 36.8 Å². The maximum absolute atomic E-state index is 12.6. The highest BCUT2D eigenvalue weighted by Crippen LogP contribution is 2.25. The molecule has 1 aromatic carbocycles. The molecule has 0 saturated carbocycles. The molecule has 2 aromatic rings. The second kappa shape index (κ2) is 7.09. The number of fused-ring (bicyclic) bond motifs is 1. The van der Waals surface area contributed by atoms with Gasteiger partial charge in [-0.2, -0.15) is 0 Å². The lowest BCUT2D eigenvalue weighted by atomic mass is 10.0. The number of carbonyl (C=O) groups excluding carboxylic acids is 1. The molecule has 0 spiro atoms. The zero-order valence-electron chi connectivity index (χ0n) is 14.1. The third kappa shape index (κ3) is 3.57. The molecule has 1 atom stereocenters. The standard InChI is InChI=1S/C19H22N4O2/c24-19(15-5-6-17-14(11-15)3-2-10-25-17)22-16-4-1-9-23(13-16)18-12-20-7-8-21-18/h5-8,11-12,16H,1-4,9-10,13H2,(H,22,24)/t16-/m0/s1. The summed E-state index contributed by atoms with van der Waals surface area (Å²) in [6.45, 7) is 2.47. The van der Waals surface area contributed by atoms with Crippen molar-refractivity contribution in [3.8, 4) is 5.75 Å². The number of aryl methyl sites for hydroxylation is 1. The molecule has 25 heavy (non-hydrogen) atoms. The van der Waals surface area contributed by atoms with Gasteiger partial charge in [0.1, 0.15) is 11.6 Å². The number of benzene rings is 1. The number of carbonyl (C=O) groups is 1. The van der Waals surface area contributed by atoms with E-state index in [4.69, 9.17) is 4.74 Å². The third-order valence-corrected chi connectivity index (χ3v) is 4.80. The highest BCUT2D eigenvalue weighted by molar-refractivity contribution is 5.94. The van der Waals surface area contributed by atoms with Crippen molar-refractivity contribution in [3.05, 3.63) is 47.9 Å². The molecule has 1 N–H and O–H groups in total. The second-order valence-electron chi connectivity index (χ2n) is 6.60. The van der Waals surface area contributed by atoms with Crippen LogP contribution in [0.1, 0.15) is 35.2 Å². The van der Waals surface area contributed by atoms with Gasteiger partial charge in [-0.05, 0) is 49.4 Å². The molecule has 1 saturated heterocycles. The van der Waals surface area contributed by atoms with Crippen molar-refractivity contribution < 1.29 is 9.53 Å². The fourth-order valence-corrected chi connectivity index (χ4v) is 3.53. The first-order valence-electron chi connectivity index (χ1n) is 8.87. The first-order chi connectivity index (χ1) is 12.3. The number of amides is 1. The molecule has 130 valence electrons. The van der Waals surface area contributed by atoms with Gasteiger partial charge in [-0.25, -0.2) is 4.98 Å². The van der Waals surface area contributed by atoms with E-state index in [0.29, 0.717) is 5.56 Å². The summed E-state index contributed by atoms with van der Waals surface area (Å²) in [5.74, 6) is 1.76. The summed E-state index contributed by atoms with van der Waals surface area (Å²) in [5, 5.41) is 3.17. The summed E-state index contributed by atoms with van der Waals surface area (Å²) in [7, 11) is 0. The van der Waals surface area contributed by atoms with Gasteiger partial charge in [0.05, 0.1) is 12.8 Å². The van der Waals surface area contributed by atoms with E-state index in [0.717, 1.165) is 62.5 Å². The van der Waals surface area contributed by atoms with E-state index in [9.17, 15) is 4.79 Å². The molecule has 6 heteroatoms. The van der Waals surface area contributed by atoms with Gasteiger partial charge in [-0.1, -0.05) is 0 Å². The summed E-state index contributed by atoms with van der Waals surface area (Å²) in [4.78, 5) is 23.3. The van der Waals surface area contributed by atoms with Crippen LogP contribution >= 0.6 is 0 Å². The van der Waals surface area contributed by atoms with Crippen LogP contribution in [-0.4, -0.2) is 41.6 Å². The quantitative estimate of drug-likeness (QED) is 0.929. The monoisotopic (exact) mass is 338 g/mol. The molecule has 2 aliphatic rings. The lowest BCUT2D eigenvalue weighted by Gasteiger charge is -2.33. The maximum Gasteiger partial charge on any atom is 0.251 e. The van der Waals surface area contributed by atoms with Gasteiger partial charge >= 0.3 is 0 Å². The van der Waals surface area contributed by atoms with Crippen molar-refractivity contribution >= 4 is 11.7 Å². The lowest BCUT2D eigenvalue weighted by Crippen LogP contribution is -2.48. The number of hydrogen-bond donors (Lipinski definition) is 1. The number of piperidine rings is 1. The molecule has 0 aliphatic carbocycles. The zero-order chi connectivity index (χ0) is 17.1. The van der Waals surface area contributed by atoms with Crippen molar-refractivity contribution in [2.75, 3.05) is 24.6 Å². The molecular formula is C19H22N4O2. The average Bonchev–Trinajstić information content (AvgIpc) is 2.68. The fraction of sp³-hybridized carbons (Fsp3) is 0.421. The summed E-state index contributed by atoms with van der Waals surface area (Å²) in [6, 6.07) is 5.85. The van der Waals surface area contributed by atoms with Crippen LogP contribution in [0.2, 0.25) is 0 Å². The Bertz CT molecular complexity index is 750. The van der Waals surface area contributed by atoms with Gasteiger partial charge in [-0.3, -0.25) is 9.78 Å². The second-order valence-corrected chi connectivity index (χ2v) is 6.60. The van der Waals surface area contributed by atoms with Gasteiger partial charge in [-0.15, -0.1) is 0 Å². The summed E-state index contributed by atoms with van der Waals surface area (Å²) >= 11 is 0. The average molecular weight is 338 g/mol. The number of hydrogen-bond acceptors (Lipinski definition) is 5. The van der Waals surface area contributed by atoms with E-state index in [1.165, 1.54) is 0 Å². The van der Waals surface area contributed by atoms with Gasteiger partial charge in [0.2, 0.25) is 0 Å². The summed E-state index contributed by atoms with van der Waals surface area (Å²) in [6.07, 6.45) is 9.14. The summed E-state index contributed by atoms with van der Waals surface area (Å²) in [5.41, 5.74) is 1.84. The highest BCUT2D eigenvalue weighted by atomic mass is 16.5. The smallest absolute Gasteiger partial charge is 0.251 e. The van der Waals surface area contributed by atoms with Crippen LogP contribution in [0.25, 0.3) is 0 Å². The van der Waals surface area contributed by atoms with E-state index < -0.39 is 0 Å². The molecule has 0 bridgehead atoms. The van der Waals surface area contributed by atoms with Crippen LogP contribution in [0.3, 0.4) is 0 Å². The highest BCUT2D eigenvalue weighted by Gasteiger charge is 2.23. The number of nitrogens with one attached hydrogen (secondary N) is 1. The van der Waals surface area contributed by atoms with Crippen LogP contribution in [0.5, 0.6) is 5.75 Å². The fourth-order valence-electron chi connectivity index (χ4n) is 3.53. The van der Waals surface area contributed by atoms with Gasteiger partial charge in [0.25, 0.3) is 5.91 Å². The molecule has 0 radical (unpaired) electrons. The van der Waals surface area contributed by atoms with Crippen molar-refractivity contribution in [2.24, 2.45) is 0 Å². The molecule has 3 heterocycles. The predicted octanol–water partition coefficient (Wildman–Crippen LogP) is 2.20. The van der Waals surface area contributed by atoms with E-state index >= 15 is 0 Å². The molecule has 1 amide bonds. The minimum Gasteiger partial charge on any atom is -0.493 e. The van der Waals surface area contributed by atoms with E-state index in [-0.39, 0.29) is 11.9 Å². The molecule has 1 fully saturated rings. The third-order valence-electron chi connectivity index (χ3n) is 4.80. The summed E-state index contributed by atoms with van der Waals surface area (Å²) < 4.78 is 5.62.